The predicted molar refractivity (Wildman–Crippen MR) is 82.3 cm³/mol. The zero-order chi connectivity index (χ0) is 15.4. The summed E-state index contributed by atoms with van der Waals surface area (Å²) in [7, 11) is 0. The van der Waals surface area contributed by atoms with E-state index in [1.165, 1.54) is 0 Å². The van der Waals surface area contributed by atoms with E-state index in [1.807, 2.05) is 44.2 Å². The molecular formula is C17H19NO3. The van der Waals surface area contributed by atoms with Gasteiger partial charge in [0, 0.05) is 5.56 Å². The standard InChI is InChI=1S/C17H19NO3/c1-3-11(2)15(17(20)21)18-16(19)14-9-8-12-6-4-5-7-13(12)10-14/h4-11,15H,3H2,1-2H3,(H,18,19)(H,20,21)/t11-,15-/m0/s1. The van der Waals surface area contributed by atoms with Gasteiger partial charge in [-0.15, -0.1) is 0 Å². The highest BCUT2D eigenvalue weighted by Gasteiger charge is 2.25. The van der Waals surface area contributed by atoms with Crippen molar-refractivity contribution < 1.29 is 14.7 Å². The largest absolute Gasteiger partial charge is 0.480 e. The Hall–Kier alpha value is -2.36. The summed E-state index contributed by atoms with van der Waals surface area (Å²) in [5.41, 5.74) is 0.475. The molecule has 4 heteroatoms. The van der Waals surface area contributed by atoms with Crippen LogP contribution in [-0.4, -0.2) is 23.0 Å². The Morgan fingerprint density at radius 3 is 2.43 bits per heavy atom. The van der Waals surface area contributed by atoms with Crippen LogP contribution in [0.3, 0.4) is 0 Å². The number of amides is 1. The first kappa shape index (κ1) is 15.0. The Kier molecular flexibility index (Phi) is 4.58. The molecule has 2 aromatic carbocycles. The molecule has 2 atom stereocenters. The van der Waals surface area contributed by atoms with E-state index in [0.29, 0.717) is 12.0 Å². The van der Waals surface area contributed by atoms with Gasteiger partial charge in [0.25, 0.3) is 5.91 Å². The maximum absolute atomic E-state index is 12.2. The summed E-state index contributed by atoms with van der Waals surface area (Å²) in [5.74, 6) is -1.47. The summed E-state index contributed by atoms with van der Waals surface area (Å²) in [6, 6.07) is 12.2. The maximum atomic E-state index is 12.2. The summed E-state index contributed by atoms with van der Waals surface area (Å²) in [6.45, 7) is 3.72. The van der Waals surface area contributed by atoms with Crippen LogP contribution in [0.4, 0.5) is 0 Å². The van der Waals surface area contributed by atoms with Gasteiger partial charge in [0.2, 0.25) is 0 Å². The van der Waals surface area contributed by atoms with Crippen LogP contribution in [0.15, 0.2) is 42.5 Å². The zero-order valence-corrected chi connectivity index (χ0v) is 12.2. The smallest absolute Gasteiger partial charge is 0.326 e. The van der Waals surface area contributed by atoms with Gasteiger partial charge in [0.05, 0.1) is 0 Å². The Morgan fingerprint density at radius 1 is 1.14 bits per heavy atom. The van der Waals surface area contributed by atoms with E-state index in [4.69, 9.17) is 0 Å². The Bertz CT molecular complexity index is 666. The number of carboxylic acids is 1. The molecule has 0 aliphatic carbocycles. The van der Waals surface area contributed by atoms with Crippen LogP contribution in [0.2, 0.25) is 0 Å². The average molecular weight is 285 g/mol. The van der Waals surface area contributed by atoms with Crippen molar-refractivity contribution in [1.82, 2.24) is 5.32 Å². The summed E-state index contributed by atoms with van der Waals surface area (Å²) in [5, 5.41) is 13.8. The fourth-order valence-corrected chi connectivity index (χ4v) is 2.24. The predicted octanol–water partition coefficient (Wildman–Crippen LogP) is 3.07. The Labute approximate surface area is 123 Å². The van der Waals surface area contributed by atoms with Crippen LogP contribution in [0.1, 0.15) is 30.6 Å². The molecule has 21 heavy (non-hydrogen) atoms. The van der Waals surface area contributed by atoms with Crippen molar-refractivity contribution in [3.63, 3.8) is 0 Å². The Balaban J connectivity index is 2.23. The lowest BCUT2D eigenvalue weighted by Gasteiger charge is -2.20. The van der Waals surface area contributed by atoms with Crippen LogP contribution >= 0.6 is 0 Å². The lowest BCUT2D eigenvalue weighted by Crippen LogP contribution is -2.45. The van der Waals surface area contributed by atoms with Crippen LogP contribution in [0.5, 0.6) is 0 Å². The van der Waals surface area contributed by atoms with E-state index < -0.39 is 12.0 Å². The number of hydrogen-bond donors (Lipinski definition) is 2. The molecule has 0 aromatic heterocycles. The highest BCUT2D eigenvalue weighted by molar-refractivity contribution is 6.00. The zero-order valence-electron chi connectivity index (χ0n) is 12.2. The lowest BCUT2D eigenvalue weighted by molar-refractivity contribution is -0.140. The number of fused-ring (bicyclic) bond motifs is 1. The first-order valence-electron chi connectivity index (χ1n) is 7.05. The maximum Gasteiger partial charge on any atom is 0.326 e. The molecule has 0 heterocycles. The molecule has 2 aromatic rings. The van der Waals surface area contributed by atoms with E-state index in [-0.39, 0.29) is 11.8 Å². The van der Waals surface area contributed by atoms with E-state index in [9.17, 15) is 14.7 Å². The molecule has 0 saturated heterocycles. The highest BCUT2D eigenvalue weighted by Crippen LogP contribution is 2.16. The molecule has 4 nitrogen and oxygen atoms in total. The van der Waals surface area contributed by atoms with Gasteiger partial charge in [-0.3, -0.25) is 4.79 Å². The summed E-state index contributed by atoms with van der Waals surface area (Å²) >= 11 is 0. The van der Waals surface area contributed by atoms with E-state index >= 15 is 0 Å². The second-order valence-corrected chi connectivity index (χ2v) is 5.24. The molecule has 0 unspecified atom stereocenters. The summed E-state index contributed by atoms with van der Waals surface area (Å²) in [6.07, 6.45) is 0.689. The minimum Gasteiger partial charge on any atom is -0.480 e. The van der Waals surface area contributed by atoms with Crippen molar-refractivity contribution in [2.24, 2.45) is 5.92 Å². The number of carbonyl (C=O) groups is 2. The number of benzene rings is 2. The van der Waals surface area contributed by atoms with Crippen molar-refractivity contribution >= 4 is 22.6 Å². The number of hydrogen-bond acceptors (Lipinski definition) is 2. The van der Waals surface area contributed by atoms with E-state index in [2.05, 4.69) is 5.32 Å². The molecule has 2 N–H and O–H groups in total. The molecule has 0 aliphatic heterocycles. The van der Waals surface area contributed by atoms with Gasteiger partial charge in [0.15, 0.2) is 0 Å². The van der Waals surface area contributed by atoms with Gasteiger partial charge >= 0.3 is 5.97 Å². The molecule has 0 spiro atoms. The SMILES string of the molecule is CC[C@H](C)[C@H](NC(=O)c1ccc2ccccc2c1)C(=O)O. The number of aliphatic carboxylic acids is 1. The van der Waals surface area contributed by atoms with Gasteiger partial charge in [-0.25, -0.2) is 4.79 Å². The molecule has 2 rings (SSSR count). The number of nitrogens with one attached hydrogen (secondary N) is 1. The molecular weight excluding hydrogens is 266 g/mol. The molecule has 110 valence electrons. The van der Waals surface area contributed by atoms with Crippen LogP contribution in [0.25, 0.3) is 10.8 Å². The molecule has 0 saturated carbocycles. The molecule has 0 radical (unpaired) electrons. The molecule has 0 aliphatic rings. The quantitative estimate of drug-likeness (QED) is 0.887. The molecule has 0 fully saturated rings. The number of carbonyl (C=O) groups excluding carboxylic acids is 1. The minimum absolute atomic E-state index is 0.119. The van der Waals surface area contributed by atoms with E-state index in [0.717, 1.165) is 10.8 Å². The Morgan fingerprint density at radius 2 is 1.81 bits per heavy atom. The van der Waals surface area contributed by atoms with Crippen LogP contribution in [-0.2, 0) is 4.79 Å². The molecule has 1 amide bonds. The van der Waals surface area contributed by atoms with Gasteiger partial charge in [-0.2, -0.15) is 0 Å². The topological polar surface area (TPSA) is 66.4 Å². The van der Waals surface area contributed by atoms with Crippen molar-refractivity contribution in [3.05, 3.63) is 48.0 Å². The third-order valence-electron chi connectivity index (χ3n) is 3.78. The van der Waals surface area contributed by atoms with Crippen LogP contribution in [0, 0.1) is 5.92 Å². The van der Waals surface area contributed by atoms with Gasteiger partial charge < -0.3 is 10.4 Å². The fourth-order valence-electron chi connectivity index (χ4n) is 2.24. The lowest BCUT2D eigenvalue weighted by atomic mass is 9.98. The third kappa shape index (κ3) is 3.40. The monoisotopic (exact) mass is 285 g/mol. The first-order valence-corrected chi connectivity index (χ1v) is 7.05. The van der Waals surface area contributed by atoms with Gasteiger partial charge in [0.1, 0.15) is 6.04 Å². The van der Waals surface area contributed by atoms with Crippen molar-refractivity contribution in [1.29, 1.82) is 0 Å². The second-order valence-electron chi connectivity index (χ2n) is 5.24. The highest BCUT2D eigenvalue weighted by atomic mass is 16.4. The van der Waals surface area contributed by atoms with Crippen molar-refractivity contribution in [3.8, 4) is 0 Å². The second kappa shape index (κ2) is 6.39. The third-order valence-corrected chi connectivity index (χ3v) is 3.78. The van der Waals surface area contributed by atoms with Crippen LogP contribution < -0.4 is 5.32 Å². The first-order chi connectivity index (χ1) is 10.0. The number of carboxylic acid groups (broad SMARTS) is 1. The summed E-state index contributed by atoms with van der Waals surface area (Å²) in [4.78, 5) is 23.5. The van der Waals surface area contributed by atoms with Crippen molar-refractivity contribution in [2.45, 2.75) is 26.3 Å². The average Bonchev–Trinajstić information content (AvgIpc) is 2.50. The normalized spacial score (nSPS) is 13.6. The van der Waals surface area contributed by atoms with Gasteiger partial charge in [-0.05, 0) is 28.8 Å². The fraction of sp³-hybridized carbons (Fsp3) is 0.294. The van der Waals surface area contributed by atoms with Gasteiger partial charge in [-0.1, -0.05) is 50.6 Å². The van der Waals surface area contributed by atoms with E-state index in [1.54, 1.807) is 12.1 Å². The number of rotatable bonds is 5. The summed E-state index contributed by atoms with van der Waals surface area (Å²) < 4.78 is 0. The minimum atomic E-state index is -1.00. The van der Waals surface area contributed by atoms with Crippen molar-refractivity contribution in [2.75, 3.05) is 0 Å². The molecule has 0 bridgehead atoms.